The van der Waals surface area contributed by atoms with Gasteiger partial charge in [0.05, 0.1) is 30.7 Å². The number of ether oxygens (including phenoxy) is 3. The van der Waals surface area contributed by atoms with Gasteiger partial charge in [0.15, 0.2) is 17.1 Å². The molecular formula is C25H29ClN4O4S. The van der Waals surface area contributed by atoms with Crippen molar-refractivity contribution in [2.45, 2.75) is 38.1 Å². The van der Waals surface area contributed by atoms with Crippen molar-refractivity contribution in [3.05, 3.63) is 65.5 Å². The van der Waals surface area contributed by atoms with Crippen LogP contribution in [0.25, 0.3) is 0 Å². The summed E-state index contributed by atoms with van der Waals surface area (Å²) in [6, 6.07) is 11.2. The minimum atomic E-state index is -0.344. The molecule has 2 aromatic carbocycles. The van der Waals surface area contributed by atoms with E-state index < -0.39 is 0 Å². The molecule has 1 unspecified atom stereocenters. The molecular weight excluding hydrogens is 488 g/mol. The molecule has 0 aliphatic carbocycles. The first-order valence-electron chi connectivity index (χ1n) is 11.0. The van der Waals surface area contributed by atoms with E-state index in [4.69, 9.17) is 25.8 Å². The van der Waals surface area contributed by atoms with Crippen molar-refractivity contribution in [2.24, 2.45) is 0 Å². The van der Waals surface area contributed by atoms with Crippen LogP contribution in [0.4, 0.5) is 5.69 Å². The zero-order chi connectivity index (χ0) is 25.4. The summed E-state index contributed by atoms with van der Waals surface area (Å²) in [6.07, 6.45) is 2.38. The molecule has 0 spiro atoms. The quantitative estimate of drug-likeness (QED) is 0.249. The molecule has 0 aliphatic heterocycles. The van der Waals surface area contributed by atoms with Crippen LogP contribution in [0.5, 0.6) is 17.2 Å². The van der Waals surface area contributed by atoms with Crippen molar-refractivity contribution in [2.75, 3.05) is 25.3 Å². The highest BCUT2D eigenvalue weighted by Crippen LogP contribution is 2.36. The molecule has 3 aromatic rings. The maximum absolute atomic E-state index is 12.7. The number of benzene rings is 2. The Morgan fingerprint density at radius 1 is 1.20 bits per heavy atom. The van der Waals surface area contributed by atoms with E-state index in [2.05, 4.69) is 29.0 Å². The second kappa shape index (κ2) is 12.5. The fourth-order valence-corrected chi connectivity index (χ4v) is 4.33. The van der Waals surface area contributed by atoms with Gasteiger partial charge in [-0.2, -0.15) is 0 Å². The highest BCUT2D eigenvalue weighted by molar-refractivity contribution is 7.99. The van der Waals surface area contributed by atoms with Crippen LogP contribution in [0.3, 0.4) is 0 Å². The lowest BCUT2D eigenvalue weighted by atomic mass is 10.2. The Hall–Kier alpha value is -3.17. The Kier molecular flexibility index (Phi) is 9.45. The van der Waals surface area contributed by atoms with Gasteiger partial charge in [0.1, 0.15) is 17.2 Å². The standard InChI is InChI=1S/C25H29ClN4O4S/c1-6-12-30-24(16(3)34-18-10-8-17(7-2)9-11-18)28-29-25(30)35-15-23(31)27-20-14-21(32-4)19(26)13-22(20)33-5/h6,8-11,13-14,16H,1,7,12,15H2,2-5H3,(H,27,31). The first kappa shape index (κ1) is 26.4. The van der Waals surface area contributed by atoms with Crippen molar-refractivity contribution in [3.63, 3.8) is 0 Å². The van der Waals surface area contributed by atoms with Crippen molar-refractivity contribution in [3.8, 4) is 17.2 Å². The predicted molar refractivity (Wildman–Crippen MR) is 139 cm³/mol. The summed E-state index contributed by atoms with van der Waals surface area (Å²) < 4.78 is 18.5. The van der Waals surface area contributed by atoms with Crippen molar-refractivity contribution < 1.29 is 19.0 Å². The number of aryl methyl sites for hydroxylation is 1. The number of nitrogens with one attached hydrogen (secondary N) is 1. The second-order valence-electron chi connectivity index (χ2n) is 7.52. The van der Waals surface area contributed by atoms with E-state index in [1.165, 1.54) is 31.5 Å². The van der Waals surface area contributed by atoms with Crippen LogP contribution in [0.1, 0.15) is 31.3 Å². The minimum absolute atomic E-state index is 0.108. The first-order valence-corrected chi connectivity index (χ1v) is 12.4. The monoisotopic (exact) mass is 516 g/mol. The van der Waals surface area contributed by atoms with E-state index in [1.54, 1.807) is 18.2 Å². The van der Waals surface area contributed by atoms with Gasteiger partial charge in [0, 0.05) is 18.7 Å². The van der Waals surface area contributed by atoms with E-state index in [0.717, 1.165) is 12.2 Å². The molecule has 1 N–H and O–H groups in total. The van der Waals surface area contributed by atoms with E-state index in [9.17, 15) is 4.79 Å². The molecule has 1 heterocycles. The van der Waals surface area contributed by atoms with Gasteiger partial charge in [0.25, 0.3) is 0 Å². The molecule has 10 heteroatoms. The summed E-state index contributed by atoms with van der Waals surface area (Å²) in [7, 11) is 3.01. The van der Waals surface area contributed by atoms with Crippen LogP contribution in [-0.4, -0.2) is 40.6 Å². The number of halogens is 1. The Balaban J connectivity index is 1.69. The number of nitrogens with zero attached hydrogens (tertiary/aromatic N) is 3. The molecule has 0 saturated carbocycles. The molecule has 3 rings (SSSR count). The minimum Gasteiger partial charge on any atom is -0.495 e. The Labute approximate surface area is 214 Å². The largest absolute Gasteiger partial charge is 0.495 e. The third-order valence-electron chi connectivity index (χ3n) is 5.15. The molecule has 35 heavy (non-hydrogen) atoms. The number of carbonyl (C=O) groups excluding carboxylic acids is 1. The summed E-state index contributed by atoms with van der Waals surface area (Å²) in [5.74, 6) is 2.14. The van der Waals surface area contributed by atoms with Crippen LogP contribution in [-0.2, 0) is 17.8 Å². The zero-order valence-corrected chi connectivity index (χ0v) is 21.8. The van der Waals surface area contributed by atoms with Gasteiger partial charge in [0.2, 0.25) is 5.91 Å². The molecule has 0 saturated heterocycles. The van der Waals surface area contributed by atoms with E-state index in [1.807, 2.05) is 35.8 Å². The average molecular weight is 517 g/mol. The van der Waals surface area contributed by atoms with Crippen LogP contribution < -0.4 is 19.5 Å². The summed E-state index contributed by atoms with van der Waals surface area (Å²) in [6.45, 7) is 8.34. The molecule has 0 aliphatic rings. The number of thioether (sulfide) groups is 1. The van der Waals surface area contributed by atoms with Gasteiger partial charge in [-0.25, -0.2) is 0 Å². The van der Waals surface area contributed by atoms with Crippen molar-refractivity contribution >= 4 is 35.0 Å². The van der Waals surface area contributed by atoms with Crippen LogP contribution in [0.15, 0.2) is 54.2 Å². The predicted octanol–water partition coefficient (Wildman–Crippen LogP) is 5.57. The molecule has 186 valence electrons. The molecule has 0 radical (unpaired) electrons. The number of carbonyl (C=O) groups is 1. The third kappa shape index (κ3) is 6.70. The van der Waals surface area contributed by atoms with Crippen LogP contribution in [0, 0.1) is 0 Å². The lowest BCUT2D eigenvalue weighted by molar-refractivity contribution is -0.113. The zero-order valence-electron chi connectivity index (χ0n) is 20.2. The highest BCUT2D eigenvalue weighted by atomic mass is 35.5. The highest BCUT2D eigenvalue weighted by Gasteiger charge is 2.20. The summed E-state index contributed by atoms with van der Waals surface area (Å²) in [5, 5.41) is 12.4. The Bertz CT molecular complexity index is 1170. The smallest absolute Gasteiger partial charge is 0.234 e. The maximum atomic E-state index is 12.7. The van der Waals surface area contributed by atoms with E-state index >= 15 is 0 Å². The number of amides is 1. The molecule has 1 atom stereocenters. The normalized spacial score (nSPS) is 11.6. The second-order valence-corrected chi connectivity index (χ2v) is 8.87. The van der Waals surface area contributed by atoms with Gasteiger partial charge >= 0.3 is 0 Å². The summed E-state index contributed by atoms with van der Waals surface area (Å²) >= 11 is 7.41. The molecule has 0 bridgehead atoms. The topological polar surface area (TPSA) is 87.5 Å². The lowest BCUT2D eigenvalue weighted by Gasteiger charge is -2.16. The fourth-order valence-electron chi connectivity index (χ4n) is 3.34. The summed E-state index contributed by atoms with van der Waals surface area (Å²) in [4.78, 5) is 12.7. The molecule has 8 nitrogen and oxygen atoms in total. The van der Waals surface area contributed by atoms with Gasteiger partial charge < -0.3 is 19.5 Å². The fraction of sp³-hybridized carbons (Fsp3) is 0.320. The number of aromatic nitrogens is 3. The number of rotatable bonds is 12. The Morgan fingerprint density at radius 2 is 1.91 bits per heavy atom. The van der Waals surface area contributed by atoms with E-state index in [0.29, 0.717) is 39.7 Å². The van der Waals surface area contributed by atoms with Gasteiger partial charge in [-0.3, -0.25) is 9.36 Å². The van der Waals surface area contributed by atoms with E-state index in [-0.39, 0.29) is 17.8 Å². The number of allylic oxidation sites excluding steroid dienone is 1. The maximum Gasteiger partial charge on any atom is 0.234 e. The number of hydrogen-bond donors (Lipinski definition) is 1. The van der Waals surface area contributed by atoms with Crippen molar-refractivity contribution in [1.29, 1.82) is 0 Å². The lowest BCUT2D eigenvalue weighted by Crippen LogP contribution is -2.16. The molecule has 1 aromatic heterocycles. The van der Waals surface area contributed by atoms with Gasteiger partial charge in [-0.15, -0.1) is 16.8 Å². The SMILES string of the molecule is C=CCn1c(SCC(=O)Nc2cc(OC)c(Cl)cc2OC)nnc1C(C)Oc1ccc(CC)cc1. The summed E-state index contributed by atoms with van der Waals surface area (Å²) in [5.41, 5.74) is 1.70. The number of methoxy groups -OCH3 is 2. The third-order valence-corrected chi connectivity index (χ3v) is 6.41. The Morgan fingerprint density at radius 3 is 2.54 bits per heavy atom. The molecule has 0 fully saturated rings. The molecule has 1 amide bonds. The first-order chi connectivity index (χ1) is 16.9. The van der Waals surface area contributed by atoms with Crippen LogP contribution in [0.2, 0.25) is 5.02 Å². The van der Waals surface area contributed by atoms with Crippen molar-refractivity contribution in [1.82, 2.24) is 14.8 Å². The van der Waals surface area contributed by atoms with Gasteiger partial charge in [-0.1, -0.05) is 48.5 Å². The van der Waals surface area contributed by atoms with Crippen LogP contribution >= 0.6 is 23.4 Å². The average Bonchev–Trinajstić information content (AvgIpc) is 3.26. The number of hydrogen-bond acceptors (Lipinski definition) is 7. The van der Waals surface area contributed by atoms with Gasteiger partial charge in [-0.05, 0) is 31.0 Å². The number of anilines is 1.